The number of rotatable bonds is 4. The molecule has 4 nitrogen and oxygen atoms in total. The van der Waals surface area contributed by atoms with Crippen LogP contribution in [-0.2, 0) is 16.0 Å². The van der Waals surface area contributed by atoms with Crippen molar-refractivity contribution < 1.29 is 9.53 Å². The molecule has 0 saturated carbocycles. The molecular weight excluding hydrogens is 204 g/mol. The highest BCUT2D eigenvalue weighted by Crippen LogP contribution is 2.11. The molecule has 1 aliphatic rings. The summed E-state index contributed by atoms with van der Waals surface area (Å²) in [6, 6.07) is 5.79. The van der Waals surface area contributed by atoms with E-state index < -0.39 is 0 Å². The number of hydrogen-bond acceptors (Lipinski definition) is 3. The van der Waals surface area contributed by atoms with Crippen LogP contribution in [0.3, 0.4) is 0 Å². The maximum absolute atomic E-state index is 11.6. The number of carbonyl (C=O) groups excluding carboxylic acids is 1. The molecule has 4 heteroatoms. The number of amides is 1. The van der Waals surface area contributed by atoms with Gasteiger partial charge in [0.15, 0.2) is 0 Å². The van der Waals surface area contributed by atoms with Crippen LogP contribution < -0.4 is 5.32 Å². The van der Waals surface area contributed by atoms with E-state index in [4.69, 9.17) is 4.74 Å². The second-order valence-electron chi connectivity index (χ2n) is 3.86. The normalized spacial score (nSPS) is 19.6. The highest BCUT2D eigenvalue weighted by Gasteiger charge is 2.22. The summed E-state index contributed by atoms with van der Waals surface area (Å²) in [7, 11) is 0. The standard InChI is InChI=1S/C12H16N2O2/c15-12(11-5-3-9-16-11)14-8-6-10-4-1-2-7-13-10/h1-2,4,7,11H,3,5-6,8-9H2,(H,14,15)/t11-/m1/s1. The van der Waals surface area contributed by atoms with E-state index in [1.807, 2.05) is 18.2 Å². The third-order valence-electron chi connectivity index (χ3n) is 2.63. The van der Waals surface area contributed by atoms with Crippen molar-refractivity contribution >= 4 is 5.91 Å². The van der Waals surface area contributed by atoms with Crippen LogP contribution in [0.4, 0.5) is 0 Å². The molecule has 1 N–H and O–H groups in total. The molecule has 16 heavy (non-hydrogen) atoms. The lowest BCUT2D eigenvalue weighted by atomic mass is 10.2. The first-order valence-corrected chi connectivity index (χ1v) is 5.65. The first-order chi connectivity index (χ1) is 7.86. The van der Waals surface area contributed by atoms with E-state index in [0.717, 1.165) is 25.0 Å². The molecule has 1 aromatic rings. The number of aromatic nitrogens is 1. The predicted molar refractivity (Wildman–Crippen MR) is 59.9 cm³/mol. The number of ether oxygens (including phenoxy) is 1. The lowest BCUT2D eigenvalue weighted by molar-refractivity contribution is -0.129. The second kappa shape index (κ2) is 5.61. The molecule has 86 valence electrons. The highest BCUT2D eigenvalue weighted by molar-refractivity contribution is 5.80. The minimum atomic E-state index is -0.233. The van der Waals surface area contributed by atoms with Gasteiger partial charge in [-0.1, -0.05) is 6.07 Å². The van der Waals surface area contributed by atoms with Crippen molar-refractivity contribution in [3.8, 4) is 0 Å². The Kier molecular flexibility index (Phi) is 3.88. The third-order valence-corrected chi connectivity index (χ3v) is 2.63. The van der Waals surface area contributed by atoms with E-state index in [-0.39, 0.29) is 12.0 Å². The van der Waals surface area contributed by atoms with Gasteiger partial charge in [-0.15, -0.1) is 0 Å². The molecule has 0 spiro atoms. The summed E-state index contributed by atoms with van der Waals surface area (Å²) in [5.41, 5.74) is 0.996. The lowest BCUT2D eigenvalue weighted by Crippen LogP contribution is -2.35. The smallest absolute Gasteiger partial charge is 0.249 e. The minimum Gasteiger partial charge on any atom is -0.368 e. The highest BCUT2D eigenvalue weighted by atomic mass is 16.5. The molecule has 0 aliphatic carbocycles. The van der Waals surface area contributed by atoms with E-state index in [2.05, 4.69) is 10.3 Å². The fourth-order valence-electron chi connectivity index (χ4n) is 1.76. The molecule has 0 aromatic carbocycles. The first-order valence-electron chi connectivity index (χ1n) is 5.65. The summed E-state index contributed by atoms with van der Waals surface area (Å²) in [4.78, 5) is 15.8. The van der Waals surface area contributed by atoms with Gasteiger partial charge in [-0.25, -0.2) is 0 Å². The van der Waals surface area contributed by atoms with E-state index in [9.17, 15) is 4.79 Å². The van der Waals surface area contributed by atoms with Gasteiger partial charge in [0.25, 0.3) is 0 Å². The maximum Gasteiger partial charge on any atom is 0.249 e. The van der Waals surface area contributed by atoms with Crippen molar-refractivity contribution in [1.29, 1.82) is 0 Å². The molecule has 1 fully saturated rings. The van der Waals surface area contributed by atoms with Crippen molar-refractivity contribution in [1.82, 2.24) is 10.3 Å². The molecule has 1 aliphatic heterocycles. The van der Waals surface area contributed by atoms with Crippen LogP contribution in [0.2, 0.25) is 0 Å². The summed E-state index contributed by atoms with van der Waals surface area (Å²) < 4.78 is 5.29. The van der Waals surface area contributed by atoms with Crippen molar-refractivity contribution in [2.75, 3.05) is 13.2 Å². The van der Waals surface area contributed by atoms with Gasteiger partial charge in [-0.05, 0) is 25.0 Å². The van der Waals surface area contributed by atoms with Gasteiger partial charge >= 0.3 is 0 Å². The molecule has 1 amide bonds. The topological polar surface area (TPSA) is 51.2 Å². The Morgan fingerprint density at radius 3 is 3.19 bits per heavy atom. The maximum atomic E-state index is 11.6. The second-order valence-corrected chi connectivity index (χ2v) is 3.86. The van der Waals surface area contributed by atoms with Crippen molar-refractivity contribution in [2.24, 2.45) is 0 Å². The number of hydrogen-bond donors (Lipinski definition) is 1. The molecule has 1 saturated heterocycles. The van der Waals surface area contributed by atoms with Gasteiger partial charge in [-0.2, -0.15) is 0 Å². The number of carbonyl (C=O) groups is 1. The molecular formula is C12H16N2O2. The lowest BCUT2D eigenvalue weighted by Gasteiger charge is -2.09. The van der Waals surface area contributed by atoms with Crippen LogP contribution in [0.25, 0.3) is 0 Å². The van der Waals surface area contributed by atoms with Gasteiger partial charge in [-0.3, -0.25) is 9.78 Å². The molecule has 1 aromatic heterocycles. The van der Waals surface area contributed by atoms with Crippen LogP contribution in [0.15, 0.2) is 24.4 Å². The van der Waals surface area contributed by atoms with Crippen LogP contribution in [0, 0.1) is 0 Å². The molecule has 2 heterocycles. The van der Waals surface area contributed by atoms with Crippen molar-refractivity contribution in [3.63, 3.8) is 0 Å². The molecule has 0 radical (unpaired) electrons. The average Bonchev–Trinajstić information content (AvgIpc) is 2.84. The van der Waals surface area contributed by atoms with E-state index in [1.165, 1.54) is 0 Å². The molecule has 1 atom stereocenters. The average molecular weight is 220 g/mol. The van der Waals surface area contributed by atoms with Gasteiger partial charge in [0.2, 0.25) is 5.91 Å². The Morgan fingerprint density at radius 1 is 1.56 bits per heavy atom. The number of nitrogens with one attached hydrogen (secondary N) is 1. The van der Waals surface area contributed by atoms with E-state index in [1.54, 1.807) is 6.20 Å². The SMILES string of the molecule is O=C(NCCc1ccccn1)[C@H]1CCCO1. The quantitative estimate of drug-likeness (QED) is 0.821. The predicted octanol–water partition coefficient (Wildman–Crippen LogP) is 0.919. The Labute approximate surface area is 95.0 Å². The van der Waals surface area contributed by atoms with Crippen molar-refractivity contribution in [2.45, 2.75) is 25.4 Å². The Morgan fingerprint density at radius 2 is 2.50 bits per heavy atom. The minimum absolute atomic E-state index is 0.00781. The summed E-state index contributed by atoms with van der Waals surface area (Å²) in [6.45, 7) is 1.33. The molecule has 2 rings (SSSR count). The fraction of sp³-hybridized carbons (Fsp3) is 0.500. The van der Waals surface area contributed by atoms with Gasteiger partial charge < -0.3 is 10.1 Å². The van der Waals surface area contributed by atoms with Gasteiger partial charge in [0, 0.05) is 31.5 Å². The monoisotopic (exact) mass is 220 g/mol. The van der Waals surface area contributed by atoms with Crippen LogP contribution in [0.1, 0.15) is 18.5 Å². The summed E-state index contributed by atoms with van der Waals surface area (Å²) in [5, 5.41) is 2.87. The molecule has 0 bridgehead atoms. The van der Waals surface area contributed by atoms with E-state index in [0.29, 0.717) is 13.2 Å². The van der Waals surface area contributed by atoms with Crippen LogP contribution >= 0.6 is 0 Å². The zero-order chi connectivity index (χ0) is 11.2. The molecule has 0 unspecified atom stereocenters. The number of nitrogens with zero attached hydrogens (tertiary/aromatic N) is 1. The number of pyridine rings is 1. The largest absolute Gasteiger partial charge is 0.368 e. The van der Waals surface area contributed by atoms with Crippen LogP contribution in [0.5, 0.6) is 0 Å². The van der Waals surface area contributed by atoms with Gasteiger partial charge in [0.05, 0.1) is 0 Å². The third kappa shape index (κ3) is 3.03. The van der Waals surface area contributed by atoms with Crippen molar-refractivity contribution in [3.05, 3.63) is 30.1 Å². The van der Waals surface area contributed by atoms with E-state index >= 15 is 0 Å². The summed E-state index contributed by atoms with van der Waals surface area (Å²) >= 11 is 0. The van der Waals surface area contributed by atoms with Crippen LogP contribution in [-0.4, -0.2) is 30.1 Å². The van der Waals surface area contributed by atoms with Gasteiger partial charge in [0.1, 0.15) is 6.10 Å². The zero-order valence-electron chi connectivity index (χ0n) is 9.19. The Balaban J connectivity index is 1.70. The zero-order valence-corrected chi connectivity index (χ0v) is 9.19. The Bertz CT molecular complexity index is 334. The Hall–Kier alpha value is -1.42. The first kappa shape index (κ1) is 11.1. The summed E-state index contributed by atoms with van der Waals surface area (Å²) in [5.74, 6) is 0.00781. The summed E-state index contributed by atoms with van der Waals surface area (Å²) in [6.07, 6.45) is 4.12. The fourth-order valence-corrected chi connectivity index (χ4v) is 1.76.